The van der Waals surface area contributed by atoms with Crippen LogP contribution in [0.3, 0.4) is 0 Å². The van der Waals surface area contributed by atoms with Crippen LogP contribution in [0.5, 0.6) is 0 Å². The Kier molecular flexibility index (Phi) is 8.94. The molecule has 0 aromatic heterocycles. The van der Waals surface area contributed by atoms with E-state index in [9.17, 15) is 9.59 Å². The SMILES string of the molecule is CCC(C(=O)NC1CCCC1)N(Cc1ccccc1C)C(=O)CC(c1ccccc1)c1ccccc1. The lowest BCUT2D eigenvalue weighted by atomic mass is 9.88. The molecule has 1 aliphatic rings. The van der Waals surface area contributed by atoms with Gasteiger partial charge in [0.15, 0.2) is 0 Å². The molecule has 188 valence electrons. The first kappa shape index (κ1) is 25.7. The van der Waals surface area contributed by atoms with Gasteiger partial charge in [0.25, 0.3) is 0 Å². The van der Waals surface area contributed by atoms with Crippen LogP contribution in [0.4, 0.5) is 0 Å². The Hall–Kier alpha value is -3.40. The van der Waals surface area contributed by atoms with Crippen LogP contribution in [0.15, 0.2) is 84.9 Å². The predicted octanol–water partition coefficient (Wildman–Crippen LogP) is 6.38. The van der Waals surface area contributed by atoms with Crippen molar-refractivity contribution >= 4 is 11.8 Å². The number of hydrogen-bond donors (Lipinski definition) is 1. The van der Waals surface area contributed by atoms with E-state index in [-0.39, 0.29) is 23.8 Å². The molecule has 4 heteroatoms. The van der Waals surface area contributed by atoms with E-state index in [1.54, 1.807) is 0 Å². The number of benzene rings is 3. The number of carbonyl (C=O) groups is 2. The third-order valence-electron chi connectivity index (χ3n) is 7.47. The van der Waals surface area contributed by atoms with Crippen molar-refractivity contribution in [3.05, 3.63) is 107 Å². The van der Waals surface area contributed by atoms with Crippen LogP contribution in [0.1, 0.15) is 73.6 Å². The highest BCUT2D eigenvalue weighted by atomic mass is 16.2. The minimum atomic E-state index is -0.495. The molecule has 2 amide bonds. The lowest BCUT2D eigenvalue weighted by molar-refractivity contribution is -0.141. The van der Waals surface area contributed by atoms with Gasteiger partial charge in [-0.2, -0.15) is 0 Å². The molecule has 1 saturated carbocycles. The second-order valence-corrected chi connectivity index (χ2v) is 9.94. The molecule has 36 heavy (non-hydrogen) atoms. The van der Waals surface area contributed by atoms with Gasteiger partial charge in [0.1, 0.15) is 6.04 Å². The first-order valence-corrected chi connectivity index (χ1v) is 13.3. The van der Waals surface area contributed by atoms with E-state index < -0.39 is 6.04 Å². The fourth-order valence-electron chi connectivity index (χ4n) is 5.35. The van der Waals surface area contributed by atoms with E-state index >= 15 is 0 Å². The highest BCUT2D eigenvalue weighted by Crippen LogP contribution is 2.30. The van der Waals surface area contributed by atoms with Gasteiger partial charge in [0.2, 0.25) is 11.8 Å². The molecule has 0 bridgehead atoms. The molecular formula is C32H38N2O2. The van der Waals surface area contributed by atoms with Crippen LogP contribution < -0.4 is 5.32 Å². The molecule has 3 aromatic carbocycles. The largest absolute Gasteiger partial charge is 0.352 e. The molecule has 4 rings (SSSR count). The van der Waals surface area contributed by atoms with Crippen LogP contribution in [0.25, 0.3) is 0 Å². The summed E-state index contributed by atoms with van der Waals surface area (Å²) in [5, 5.41) is 3.25. The minimum Gasteiger partial charge on any atom is -0.352 e. The molecule has 0 radical (unpaired) electrons. The van der Waals surface area contributed by atoms with E-state index in [1.807, 2.05) is 60.4 Å². The Labute approximate surface area is 215 Å². The quantitative estimate of drug-likeness (QED) is 0.364. The summed E-state index contributed by atoms with van der Waals surface area (Å²) in [6.45, 7) is 4.50. The standard InChI is InChI=1S/C32H38N2O2/c1-3-30(32(36)33-28-20-12-13-21-28)34(23-27-19-11-10-14-24(27)2)31(35)22-29(25-15-6-4-7-16-25)26-17-8-5-9-18-26/h4-11,14-19,28-30H,3,12-13,20-23H2,1-2H3,(H,33,36). The van der Waals surface area contributed by atoms with Crippen LogP contribution in [0, 0.1) is 6.92 Å². The summed E-state index contributed by atoms with van der Waals surface area (Å²) >= 11 is 0. The Morgan fingerprint density at radius 3 is 1.97 bits per heavy atom. The zero-order valence-electron chi connectivity index (χ0n) is 21.5. The molecule has 0 aliphatic heterocycles. The maximum atomic E-state index is 14.1. The molecule has 0 saturated heterocycles. The van der Waals surface area contributed by atoms with Gasteiger partial charge in [-0.05, 0) is 48.4 Å². The van der Waals surface area contributed by atoms with Crippen molar-refractivity contribution in [1.29, 1.82) is 0 Å². The van der Waals surface area contributed by atoms with Gasteiger partial charge >= 0.3 is 0 Å². The fourth-order valence-corrected chi connectivity index (χ4v) is 5.35. The summed E-state index contributed by atoms with van der Waals surface area (Å²) in [7, 11) is 0. The fraction of sp³-hybridized carbons (Fsp3) is 0.375. The number of nitrogens with zero attached hydrogens (tertiary/aromatic N) is 1. The van der Waals surface area contributed by atoms with Crippen molar-refractivity contribution in [2.24, 2.45) is 0 Å². The number of hydrogen-bond acceptors (Lipinski definition) is 2. The normalized spacial score (nSPS) is 14.5. The molecule has 1 N–H and O–H groups in total. The molecule has 0 heterocycles. The van der Waals surface area contributed by atoms with Crippen LogP contribution in [-0.4, -0.2) is 28.8 Å². The molecule has 3 aromatic rings. The third kappa shape index (κ3) is 6.42. The van der Waals surface area contributed by atoms with Gasteiger partial charge in [-0.1, -0.05) is 105 Å². The number of aryl methyl sites for hydroxylation is 1. The first-order valence-electron chi connectivity index (χ1n) is 13.3. The van der Waals surface area contributed by atoms with E-state index in [1.165, 1.54) is 0 Å². The topological polar surface area (TPSA) is 49.4 Å². The summed E-state index contributed by atoms with van der Waals surface area (Å²) in [6.07, 6.45) is 5.26. The Morgan fingerprint density at radius 1 is 0.861 bits per heavy atom. The molecule has 1 fully saturated rings. The Morgan fingerprint density at radius 2 is 1.42 bits per heavy atom. The molecule has 1 aliphatic carbocycles. The molecule has 1 unspecified atom stereocenters. The molecule has 0 spiro atoms. The summed E-state index contributed by atoms with van der Waals surface area (Å²) < 4.78 is 0. The Bertz CT molecular complexity index is 1080. The van der Waals surface area contributed by atoms with Crippen molar-refractivity contribution in [3.8, 4) is 0 Å². The Balaban J connectivity index is 1.64. The van der Waals surface area contributed by atoms with Crippen molar-refractivity contribution in [2.75, 3.05) is 0 Å². The van der Waals surface area contributed by atoms with E-state index in [0.717, 1.165) is 47.9 Å². The average Bonchev–Trinajstić information content (AvgIpc) is 3.42. The minimum absolute atomic E-state index is 0.00406. The second kappa shape index (κ2) is 12.5. The van der Waals surface area contributed by atoms with Gasteiger partial charge in [0.05, 0.1) is 0 Å². The van der Waals surface area contributed by atoms with Crippen molar-refractivity contribution in [3.63, 3.8) is 0 Å². The van der Waals surface area contributed by atoms with E-state index in [4.69, 9.17) is 0 Å². The van der Waals surface area contributed by atoms with Gasteiger partial charge in [0, 0.05) is 24.9 Å². The van der Waals surface area contributed by atoms with Gasteiger partial charge in [-0.15, -0.1) is 0 Å². The van der Waals surface area contributed by atoms with Gasteiger partial charge < -0.3 is 10.2 Å². The molecular weight excluding hydrogens is 444 g/mol. The smallest absolute Gasteiger partial charge is 0.243 e. The number of carbonyl (C=O) groups excluding carboxylic acids is 2. The first-order chi connectivity index (χ1) is 17.6. The maximum absolute atomic E-state index is 14.1. The highest BCUT2D eigenvalue weighted by Gasteiger charge is 2.32. The van der Waals surface area contributed by atoms with Crippen LogP contribution >= 0.6 is 0 Å². The highest BCUT2D eigenvalue weighted by molar-refractivity contribution is 5.88. The molecule has 1 atom stereocenters. The van der Waals surface area contributed by atoms with Crippen molar-refractivity contribution in [2.45, 2.75) is 76.9 Å². The summed E-state index contributed by atoms with van der Waals surface area (Å²) in [4.78, 5) is 29.4. The number of rotatable bonds is 10. The lowest BCUT2D eigenvalue weighted by Gasteiger charge is -2.33. The number of nitrogens with one attached hydrogen (secondary N) is 1. The molecule has 4 nitrogen and oxygen atoms in total. The summed E-state index contributed by atoms with van der Waals surface area (Å²) in [6, 6.07) is 28.3. The third-order valence-corrected chi connectivity index (χ3v) is 7.47. The van der Waals surface area contributed by atoms with Crippen molar-refractivity contribution in [1.82, 2.24) is 10.2 Å². The monoisotopic (exact) mass is 482 g/mol. The zero-order valence-corrected chi connectivity index (χ0v) is 21.5. The van der Waals surface area contributed by atoms with Crippen LogP contribution in [-0.2, 0) is 16.1 Å². The van der Waals surface area contributed by atoms with Gasteiger partial charge in [-0.3, -0.25) is 9.59 Å². The van der Waals surface area contributed by atoms with Gasteiger partial charge in [-0.25, -0.2) is 0 Å². The lowest BCUT2D eigenvalue weighted by Crippen LogP contribution is -2.51. The summed E-state index contributed by atoms with van der Waals surface area (Å²) in [5.74, 6) is -0.0960. The van der Waals surface area contributed by atoms with Crippen LogP contribution in [0.2, 0.25) is 0 Å². The van der Waals surface area contributed by atoms with E-state index in [2.05, 4.69) is 48.6 Å². The van der Waals surface area contributed by atoms with E-state index in [0.29, 0.717) is 19.4 Å². The summed E-state index contributed by atoms with van der Waals surface area (Å²) in [5.41, 5.74) is 4.42. The number of amides is 2. The zero-order chi connectivity index (χ0) is 25.3. The average molecular weight is 483 g/mol. The van der Waals surface area contributed by atoms with Crippen molar-refractivity contribution < 1.29 is 9.59 Å². The second-order valence-electron chi connectivity index (χ2n) is 9.94. The predicted molar refractivity (Wildman–Crippen MR) is 146 cm³/mol. The maximum Gasteiger partial charge on any atom is 0.243 e.